The summed E-state index contributed by atoms with van der Waals surface area (Å²) in [5.74, 6) is 0.0824. The van der Waals surface area contributed by atoms with Crippen molar-refractivity contribution in [2.24, 2.45) is 17.1 Å². The van der Waals surface area contributed by atoms with Gasteiger partial charge in [0.05, 0.1) is 5.02 Å². The standard InChI is InChI=1S/C17H25ClFN/c1-16(2,3)14-9-4-5-10-17(14,20)11-12-7-6-8-13(19)15(12)18/h6-8,14H,4-5,9-11,20H2,1-3H3. The van der Waals surface area contributed by atoms with Crippen molar-refractivity contribution in [2.45, 2.75) is 58.4 Å². The average molecular weight is 298 g/mol. The first-order valence-electron chi connectivity index (χ1n) is 7.46. The molecule has 1 aliphatic rings. The molecule has 1 fully saturated rings. The van der Waals surface area contributed by atoms with Gasteiger partial charge >= 0.3 is 0 Å². The lowest BCUT2D eigenvalue weighted by atomic mass is 9.61. The highest BCUT2D eigenvalue weighted by atomic mass is 35.5. The highest BCUT2D eigenvalue weighted by Crippen LogP contribution is 2.45. The maximum atomic E-state index is 13.6. The first-order chi connectivity index (χ1) is 9.24. The quantitative estimate of drug-likeness (QED) is 0.820. The normalized spacial score (nSPS) is 27.6. The molecule has 1 aromatic rings. The Morgan fingerprint density at radius 2 is 2.05 bits per heavy atom. The molecule has 2 unspecified atom stereocenters. The van der Waals surface area contributed by atoms with Gasteiger partial charge in [-0.25, -0.2) is 4.39 Å². The zero-order valence-electron chi connectivity index (χ0n) is 12.7. The Morgan fingerprint density at radius 3 is 2.70 bits per heavy atom. The van der Waals surface area contributed by atoms with Crippen molar-refractivity contribution >= 4 is 11.6 Å². The molecule has 0 bridgehead atoms. The van der Waals surface area contributed by atoms with Gasteiger partial charge in [-0.2, -0.15) is 0 Å². The van der Waals surface area contributed by atoms with Crippen molar-refractivity contribution in [1.29, 1.82) is 0 Å². The van der Waals surface area contributed by atoms with E-state index in [9.17, 15) is 4.39 Å². The molecule has 1 aliphatic carbocycles. The molecule has 0 radical (unpaired) electrons. The molecular formula is C17H25ClFN. The SMILES string of the molecule is CC(C)(C)C1CCCCC1(N)Cc1cccc(F)c1Cl. The molecule has 0 heterocycles. The summed E-state index contributed by atoms with van der Waals surface area (Å²) in [7, 11) is 0. The van der Waals surface area contributed by atoms with Crippen LogP contribution in [0.25, 0.3) is 0 Å². The maximum Gasteiger partial charge on any atom is 0.142 e. The minimum atomic E-state index is -0.351. The van der Waals surface area contributed by atoms with E-state index in [1.165, 1.54) is 12.5 Å². The lowest BCUT2D eigenvalue weighted by molar-refractivity contribution is 0.0793. The Hall–Kier alpha value is -0.600. The van der Waals surface area contributed by atoms with Gasteiger partial charge in [-0.05, 0) is 42.2 Å². The number of hydrogen-bond acceptors (Lipinski definition) is 1. The van der Waals surface area contributed by atoms with Crippen LogP contribution in [0.5, 0.6) is 0 Å². The highest BCUT2D eigenvalue weighted by Gasteiger charge is 2.43. The van der Waals surface area contributed by atoms with Crippen LogP contribution in [-0.4, -0.2) is 5.54 Å². The van der Waals surface area contributed by atoms with E-state index < -0.39 is 0 Å². The molecule has 0 spiro atoms. The minimum absolute atomic E-state index is 0.162. The van der Waals surface area contributed by atoms with Crippen molar-refractivity contribution in [3.05, 3.63) is 34.6 Å². The molecular weight excluding hydrogens is 273 g/mol. The van der Waals surface area contributed by atoms with E-state index >= 15 is 0 Å². The molecule has 2 N–H and O–H groups in total. The molecule has 0 amide bonds. The molecule has 2 atom stereocenters. The Morgan fingerprint density at radius 1 is 1.35 bits per heavy atom. The lowest BCUT2D eigenvalue weighted by Crippen LogP contribution is -2.55. The summed E-state index contributed by atoms with van der Waals surface area (Å²) in [6.45, 7) is 6.74. The Labute approximate surface area is 126 Å². The van der Waals surface area contributed by atoms with Crippen molar-refractivity contribution in [3.8, 4) is 0 Å². The van der Waals surface area contributed by atoms with Crippen LogP contribution in [0.3, 0.4) is 0 Å². The van der Waals surface area contributed by atoms with Crippen LogP contribution in [0.15, 0.2) is 18.2 Å². The van der Waals surface area contributed by atoms with Crippen molar-refractivity contribution in [1.82, 2.24) is 0 Å². The van der Waals surface area contributed by atoms with Crippen LogP contribution in [0, 0.1) is 17.2 Å². The molecule has 0 aliphatic heterocycles. The van der Waals surface area contributed by atoms with E-state index in [0.717, 1.165) is 24.8 Å². The van der Waals surface area contributed by atoms with Gasteiger partial charge in [0.2, 0.25) is 0 Å². The van der Waals surface area contributed by atoms with Gasteiger partial charge in [0.1, 0.15) is 5.82 Å². The van der Waals surface area contributed by atoms with Crippen LogP contribution in [0.2, 0.25) is 5.02 Å². The molecule has 20 heavy (non-hydrogen) atoms. The molecule has 1 aromatic carbocycles. The van der Waals surface area contributed by atoms with Gasteiger partial charge in [-0.3, -0.25) is 0 Å². The Kier molecular flexibility index (Phi) is 4.46. The fourth-order valence-corrected chi connectivity index (χ4v) is 4.00. The number of rotatable bonds is 2. The van der Waals surface area contributed by atoms with E-state index in [2.05, 4.69) is 20.8 Å². The van der Waals surface area contributed by atoms with Crippen molar-refractivity contribution < 1.29 is 4.39 Å². The molecule has 1 nitrogen and oxygen atoms in total. The molecule has 3 heteroatoms. The molecule has 0 saturated heterocycles. The van der Waals surface area contributed by atoms with Gasteiger partial charge < -0.3 is 5.73 Å². The summed E-state index contributed by atoms with van der Waals surface area (Å²) >= 11 is 6.11. The topological polar surface area (TPSA) is 26.0 Å². The van der Waals surface area contributed by atoms with E-state index in [1.807, 2.05) is 6.07 Å². The number of halogens is 2. The summed E-state index contributed by atoms with van der Waals surface area (Å²) in [6, 6.07) is 5.01. The lowest BCUT2D eigenvalue weighted by Gasteiger charge is -2.48. The van der Waals surface area contributed by atoms with Crippen LogP contribution in [0.1, 0.15) is 52.0 Å². The first kappa shape index (κ1) is 15.8. The minimum Gasteiger partial charge on any atom is -0.325 e. The van der Waals surface area contributed by atoms with E-state index in [-0.39, 0.29) is 21.8 Å². The summed E-state index contributed by atoms with van der Waals surface area (Å²) in [5, 5.41) is 0.232. The third kappa shape index (κ3) is 3.17. The van der Waals surface area contributed by atoms with Gasteiger partial charge in [0, 0.05) is 5.54 Å². The second-order valence-corrected chi connectivity index (χ2v) is 7.67. The molecule has 1 saturated carbocycles. The van der Waals surface area contributed by atoms with Crippen LogP contribution < -0.4 is 5.73 Å². The van der Waals surface area contributed by atoms with E-state index in [1.54, 1.807) is 6.07 Å². The zero-order chi connectivity index (χ0) is 15.0. The number of nitrogens with two attached hydrogens (primary N) is 1. The second kappa shape index (κ2) is 5.65. The largest absolute Gasteiger partial charge is 0.325 e. The first-order valence-corrected chi connectivity index (χ1v) is 7.83. The molecule has 112 valence electrons. The van der Waals surface area contributed by atoms with Gasteiger partial charge in [0.15, 0.2) is 0 Å². The van der Waals surface area contributed by atoms with Crippen LogP contribution in [-0.2, 0) is 6.42 Å². The Bertz CT molecular complexity index is 480. The van der Waals surface area contributed by atoms with Crippen molar-refractivity contribution in [3.63, 3.8) is 0 Å². The fraction of sp³-hybridized carbons (Fsp3) is 0.647. The van der Waals surface area contributed by atoms with Gasteiger partial charge in [0.25, 0.3) is 0 Å². The van der Waals surface area contributed by atoms with Gasteiger partial charge in [-0.1, -0.05) is 57.3 Å². The number of benzene rings is 1. The summed E-state index contributed by atoms with van der Waals surface area (Å²) in [6.07, 6.45) is 5.17. The molecule has 0 aromatic heterocycles. The second-order valence-electron chi connectivity index (χ2n) is 7.29. The predicted octanol–water partition coefficient (Wildman–Crippen LogP) is 4.96. The summed E-state index contributed by atoms with van der Waals surface area (Å²) in [4.78, 5) is 0. The smallest absolute Gasteiger partial charge is 0.142 e. The van der Waals surface area contributed by atoms with Crippen LogP contribution in [0.4, 0.5) is 4.39 Å². The van der Waals surface area contributed by atoms with Crippen LogP contribution >= 0.6 is 11.6 Å². The third-order valence-electron chi connectivity index (χ3n) is 4.68. The summed E-state index contributed by atoms with van der Waals surface area (Å²) in [5.41, 5.74) is 7.48. The predicted molar refractivity (Wildman–Crippen MR) is 83.4 cm³/mol. The average Bonchev–Trinajstić information content (AvgIpc) is 2.34. The Balaban J connectivity index is 2.30. The van der Waals surface area contributed by atoms with E-state index in [4.69, 9.17) is 17.3 Å². The number of hydrogen-bond donors (Lipinski definition) is 1. The monoisotopic (exact) mass is 297 g/mol. The van der Waals surface area contributed by atoms with Gasteiger partial charge in [-0.15, -0.1) is 0 Å². The maximum absolute atomic E-state index is 13.6. The highest BCUT2D eigenvalue weighted by molar-refractivity contribution is 6.31. The van der Waals surface area contributed by atoms with E-state index in [0.29, 0.717) is 12.3 Å². The van der Waals surface area contributed by atoms with Crippen molar-refractivity contribution in [2.75, 3.05) is 0 Å². The third-order valence-corrected chi connectivity index (χ3v) is 5.10. The fourth-order valence-electron chi connectivity index (χ4n) is 3.81. The molecule has 2 rings (SSSR count). The zero-order valence-corrected chi connectivity index (χ0v) is 13.4. The summed E-state index contributed by atoms with van der Waals surface area (Å²) < 4.78 is 13.6.